The third kappa shape index (κ3) is 5.07. The average Bonchev–Trinajstić information content (AvgIpc) is 3.42. The number of allylic oxidation sites excluding steroid dienone is 2. The van der Waals surface area contributed by atoms with Gasteiger partial charge >= 0.3 is 0 Å². The molecule has 8 aromatic carbocycles. The van der Waals surface area contributed by atoms with Crippen molar-refractivity contribution in [2.75, 3.05) is 7.05 Å². The number of hydrogen-bond acceptors (Lipinski definition) is 2. The summed E-state index contributed by atoms with van der Waals surface area (Å²) in [6, 6.07) is 52.5. The number of hydrogen-bond donors (Lipinski definition) is 0. The summed E-state index contributed by atoms with van der Waals surface area (Å²) < 4.78 is 0. The van der Waals surface area contributed by atoms with E-state index in [1.165, 1.54) is 104 Å². The van der Waals surface area contributed by atoms with Gasteiger partial charge in [0.05, 0.1) is 0 Å². The van der Waals surface area contributed by atoms with Gasteiger partial charge in [0.25, 0.3) is 0 Å². The fourth-order valence-electron chi connectivity index (χ4n) is 10.9. The lowest BCUT2D eigenvalue weighted by atomic mass is 9.76. The van der Waals surface area contributed by atoms with Gasteiger partial charge in [-0.2, -0.15) is 0 Å². The van der Waals surface area contributed by atoms with Crippen molar-refractivity contribution in [2.45, 2.75) is 64.5 Å². The Balaban J connectivity index is 1.24. The predicted octanol–water partition coefficient (Wildman–Crippen LogP) is 14.6. The standard InChI is InChI=1S/C56H48N2/c1-5-35-32-51(57-55(37-21-11-8-12-22-37)58(4)54(35)36-19-9-7-10-20-36)38-29-30-41-45-33-46-42-25-17-18-28-49(42)56(3,6-2)50(46)34-48(45)53-44-27-16-14-24-40(44)39-23-13-15-26-43(39)52(53)47(41)31-38/h7-13,15-23,25-31,33-34,55H,5-6,14,24,32H2,1-4H3. The monoisotopic (exact) mass is 748 g/mol. The van der Waals surface area contributed by atoms with Crippen molar-refractivity contribution in [3.8, 4) is 11.1 Å². The topological polar surface area (TPSA) is 15.6 Å². The molecule has 3 aliphatic rings. The number of benzene rings is 8. The molecule has 282 valence electrons. The summed E-state index contributed by atoms with van der Waals surface area (Å²) in [6.45, 7) is 7.11. The second kappa shape index (κ2) is 13.4. The molecule has 0 spiro atoms. The fourth-order valence-corrected chi connectivity index (χ4v) is 10.9. The molecule has 58 heavy (non-hydrogen) atoms. The third-order valence-corrected chi connectivity index (χ3v) is 13.9. The first-order valence-electron chi connectivity index (χ1n) is 21.3. The normalized spacial score (nSPS) is 18.8. The zero-order chi connectivity index (χ0) is 39.1. The molecule has 0 saturated heterocycles. The van der Waals surface area contributed by atoms with E-state index in [0.29, 0.717) is 0 Å². The second-order valence-corrected chi connectivity index (χ2v) is 16.9. The maximum absolute atomic E-state index is 5.74. The first kappa shape index (κ1) is 35.0. The predicted molar refractivity (Wildman–Crippen MR) is 248 cm³/mol. The summed E-state index contributed by atoms with van der Waals surface area (Å²) in [5.74, 6) is 0. The Morgan fingerprint density at radius 2 is 1.36 bits per heavy atom. The quantitative estimate of drug-likeness (QED) is 0.160. The van der Waals surface area contributed by atoms with Crippen LogP contribution in [0, 0.1) is 0 Å². The first-order chi connectivity index (χ1) is 28.5. The number of fused-ring (bicyclic) bond motifs is 14. The molecule has 2 heteroatoms. The van der Waals surface area contributed by atoms with Crippen LogP contribution in [0.25, 0.3) is 66.0 Å². The molecular formula is C56H48N2. The summed E-state index contributed by atoms with van der Waals surface area (Å²) >= 11 is 0. The highest BCUT2D eigenvalue weighted by Crippen LogP contribution is 2.54. The number of nitrogens with zero attached hydrogens (tertiary/aromatic N) is 2. The van der Waals surface area contributed by atoms with Gasteiger partial charge in [0, 0.05) is 30.3 Å². The Kier molecular flexibility index (Phi) is 8.09. The van der Waals surface area contributed by atoms with Gasteiger partial charge in [0.15, 0.2) is 0 Å². The lowest BCUT2D eigenvalue weighted by Gasteiger charge is -2.30. The SMILES string of the molecule is CCC1=C(c2ccccc2)N(C)C(c2ccccc2)N=C(c2ccc3c4cc5c(cc4c4c6c(c7ccccc7c4c3c2)CCC=C6)C(C)(CC)c2ccccc2-5)C1. The second-order valence-electron chi connectivity index (χ2n) is 16.9. The van der Waals surface area contributed by atoms with Gasteiger partial charge in [-0.05, 0) is 143 Å². The Morgan fingerprint density at radius 1 is 0.638 bits per heavy atom. The molecule has 2 atom stereocenters. The summed E-state index contributed by atoms with van der Waals surface area (Å²) in [5.41, 5.74) is 16.0. The van der Waals surface area contributed by atoms with Gasteiger partial charge in [0.2, 0.25) is 0 Å². The van der Waals surface area contributed by atoms with Crippen LogP contribution in [-0.4, -0.2) is 17.7 Å². The van der Waals surface area contributed by atoms with Crippen molar-refractivity contribution in [3.63, 3.8) is 0 Å². The van der Waals surface area contributed by atoms with Crippen LogP contribution in [0.2, 0.25) is 0 Å². The summed E-state index contributed by atoms with van der Waals surface area (Å²) in [4.78, 5) is 8.15. The Hall–Kier alpha value is -6.25. The number of aryl methyl sites for hydroxylation is 1. The van der Waals surface area contributed by atoms with E-state index < -0.39 is 0 Å². The zero-order valence-corrected chi connectivity index (χ0v) is 33.9. The maximum Gasteiger partial charge on any atom is 0.147 e. The average molecular weight is 749 g/mol. The molecule has 0 bridgehead atoms. The van der Waals surface area contributed by atoms with Gasteiger partial charge in [-0.15, -0.1) is 0 Å². The van der Waals surface area contributed by atoms with Crippen molar-refractivity contribution < 1.29 is 0 Å². The minimum Gasteiger partial charge on any atom is -0.349 e. The van der Waals surface area contributed by atoms with Crippen molar-refractivity contribution in [1.29, 1.82) is 0 Å². The van der Waals surface area contributed by atoms with Crippen LogP contribution < -0.4 is 0 Å². The van der Waals surface area contributed by atoms with E-state index in [1.54, 1.807) is 0 Å². The number of aliphatic imine (C=N–C) groups is 1. The van der Waals surface area contributed by atoms with E-state index >= 15 is 0 Å². The maximum atomic E-state index is 5.74. The minimum absolute atomic E-state index is 0.0405. The van der Waals surface area contributed by atoms with Gasteiger partial charge in [-0.1, -0.05) is 154 Å². The van der Waals surface area contributed by atoms with E-state index in [-0.39, 0.29) is 11.6 Å². The van der Waals surface area contributed by atoms with Gasteiger partial charge < -0.3 is 4.90 Å². The number of rotatable bonds is 5. The van der Waals surface area contributed by atoms with Gasteiger partial charge in [-0.25, -0.2) is 0 Å². The minimum atomic E-state index is -0.159. The van der Waals surface area contributed by atoms with Gasteiger partial charge in [0.1, 0.15) is 6.17 Å². The lowest BCUT2D eigenvalue weighted by molar-refractivity contribution is 0.368. The third-order valence-electron chi connectivity index (χ3n) is 13.9. The highest BCUT2D eigenvalue weighted by molar-refractivity contribution is 6.34. The Labute approximate surface area is 341 Å². The Morgan fingerprint density at radius 3 is 2.16 bits per heavy atom. The summed E-state index contributed by atoms with van der Waals surface area (Å²) in [5, 5.41) is 10.8. The molecule has 8 aromatic rings. The van der Waals surface area contributed by atoms with Crippen LogP contribution in [0.4, 0.5) is 0 Å². The molecule has 2 nitrogen and oxygen atoms in total. The molecule has 0 fully saturated rings. The molecule has 2 unspecified atom stereocenters. The molecule has 0 aromatic heterocycles. The fraction of sp³-hybridized carbons (Fsp3) is 0.196. The van der Waals surface area contributed by atoms with E-state index in [0.717, 1.165) is 37.8 Å². The Bertz CT molecular complexity index is 3080. The van der Waals surface area contributed by atoms with E-state index in [9.17, 15) is 0 Å². The van der Waals surface area contributed by atoms with Crippen LogP contribution in [-0.2, 0) is 11.8 Å². The molecule has 1 aliphatic heterocycles. The summed E-state index contributed by atoms with van der Waals surface area (Å²) in [7, 11) is 2.23. The molecule has 0 saturated carbocycles. The largest absolute Gasteiger partial charge is 0.349 e. The summed E-state index contributed by atoms with van der Waals surface area (Å²) in [6.07, 6.45) is 9.60. The van der Waals surface area contributed by atoms with Crippen LogP contribution in [0.1, 0.15) is 91.6 Å². The lowest BCUT2D eigenvalue weighted by Crippen LogP contribution is -2.22. The van der Waals surface area contributed by atoms with E-state index in [1.807, 2.05) is 0 Å². The molecular weight excluding hydrogens is 701 g/mol. The molecule has 0 amide bonds. The molecule has 11 rings (SSSR count). The zero-order valence-electron chi connectivity index (χ0n) is 33.9. The molecule has 0 radical (unpaired) electrons. The van der Waals surface area contributed by atoms with Crippen LogP contribution in [0.5, 0.6) is 0 Å². The van der Waals surface area contributed by atoms with E-state index in [4.69, 9.17) is 4.99 Å². The van der Waals surface area contributed by atoms with Crippen LogP contribution in [0.3, 0.4) is 0 Å². The van der Waals surface area contributed by atoms with Gasteiger partial charge in [-0.3, -0.25) is 4.99 Å². The van der Waals surface area contributed by atoms with E-state index in [2.05, 4.69) is 184 Å². The molecule has 1 heterocycles. The van der Waals surface area contributed by atoms with Crippen molar-refractivity contribution >= 4 is 60.6 Å². The van der Waals surface area contributed by atoms with Crippen molar-refractivity contribution in [1.82, 2.24) is 4.90 Å². The van der Waals surface area contributed by atoms with Crippen molar-refractivity contribution in [3.05, 3.63) is 190 Å². The smallest absolute Gasteiger partial charge is 0.147 e. The van der Waals surface area contributed by atoms with Crippen LogP contribution in [0.15, 0.2) is 156 Å². The highest BCUT2D eigenvalue weighted by Gasteiger charge is 2.38. The van der Waals surface area contributed by atoms with Crippen molar-refractivity contribution in [2.24, 2.45) is 4.99 Å². The molecule has 2 aliphatic carbocycles. The van der Waals surface area contributed by atoms with Crippen LogP contribution >= 0.6 is 0 Å². The molecule has 0 N–H and O–H groups in total. The first-order valence-corrected chi connectivity index (χ1v) is 21.3. The highest BCUT2D eigenvalue weighted by atomic mass is 15.2.